The van der Waals surface area contributed by atoms with Gasteiger partial charge in [-0.1, -0.05) is 6.55 Å². The van der Waals surface area contributed by atoms with Crippen LogP contribution >= 0.6 is 0 Å². The second-order valence-corrected chi connectivity index (χ2v) is 0.781. The van der Waals surface area contributed by atoms with E-state index in [0.29, 0.717) is 0 Å². The minimum Gasteiger partial charge on any atom is -0.356 e. The van der Waals surface area contributed by atoms with Crippen LogP contribution in [0.2, 0.25) is 0 Å². The van der Waals surface area contributed by atoms with Gasteiger partial charge in [0.2, 0.25) is 5.91 Å². The van der Waals surface area contributed by atoms with Crippen molar-refractivity contribution in [2.75, 3.05) is 7.05 Å². The molecule has 6 heavy (non-hydrogen) atoms. The van der Waals surface area contributed by atoms with E-state index in [1.807, 2.05) is 0 Å². The molecule has 1 N–H and O–H groups in total. The van der Waals surface area contributed by atoms with E-state index in [1.165, 1.54) is 7.05 Å². The van der Waals surface area contributed by atoms with Crippen molar-refractivity contribution in [3.05, 3.63) is 12.6 Å². The molecule has 0 radical (unpaired) electrons. The van der Waals surface area contributed by atoms with Crippen LogP contribution in [0.4, 0.5) is 0 Å². The first kappa shape index (κ1) is 3.40. The Labute approximate surface area is 38.3 Å². The van der Waals surface area contributed by atoms with Crippen LogP contribution in [0.3, 0.4) is 0 Å². The Morgan fingerprint density at radius 2 is 3.00 bits per heavy atom. The average Bonchev–Trinajstić information content (AvgIpc) is 1.68. The van der Waals surface area contributed by atoms with Crippen LogP contribution in [0.5, 0.6) is 0 Å². The Balaban J connectivity index is 3.37. The molecule has 1 amide bonds. The highest BCUT2D eigenvalue weighted by atomic mass is 16.1. The molecule has 0 saturated heterocycles. The summed E-state index contributed by atoms with van der Waals surface area (Å²) in [6.45, 7) is 0.943. The van der Waals surface area contributed by atoms with Crippen molar-refractivity contribution in [1.29, 1.82) is 0 Å². The fraction of sp³-hybridized carbons (Fsp3) is 0.250. The molecule has 0 aliphatic heterocycles. The van der Waals surface area contributed by atoms with E-state index in [2.05, 4.69) is 5.32 Å². The molecule has 0 rings (SSSR count). The zero-order valence-electron chi connectivity index (χ0n) is 4.56. The zero-order valence-corrected chi connectivity index (χ0v) is 3.56. The second-order valence-electron chi connectivity index (χ2n) is 0.781. The second kappa shape index (κ2) is 2.45. The van der Waals surface area contributed by atoms with Crippen molar-refractivity contribution in [2.24, 2.45) is 0 Å². The standard InChI is InChI=1S/C4H7NO/c1-3-4(6)5-2/h3H,1H2,2H3,(H,5,6)/i1D. The van der Waals surface area contributed by atoms with Gasteiger partial charge < -0.3 is 5.32 Å². The Morgan fingerprint density at radius 1 is 2.33 bits per heavy atom. The molecule has 2 heteroatoms. The summed E-state index contributed by atoms with van der Waals surface area (Å²) in [6.07, 6.45) is 1.14. The Kier molecular flexibility index (Phi) is 1.39. The van der Waals surface area contributed by atoms with Gasteiger partial charge in [0.25, 0.3) is 0 Å². The number of nitrogens with one attached hydrogen (secondary N) is 1. The first-order valence-corrected chi connectivity index (χ1v) is 1.58. The van der Waals surface area contributed by atoms with E-state index < -0.39 is 0 Å². The third kappa shape index (κ3) is 1.52. The van der Waals surface area contributed by atoms with Crippen LogP contribution in [-0.4, -0.2) is 13.0 Å². The number of amides is 1. The largest absolute Gasteiger partial charge is 0.356 e. The molecule has 0 aromatic carbocycles. The summed E-state index contributed by atoms with van der Waals surface area (Å²) in [5.41, 5.74) is 0. The number of likely N-dealkylation sites (N-methyl/N-ethyl adjacent to an activating group) is 1. The van der Waals surface area contributed by atoms with Crippen molar-refractivity contribution in [3.63, 3.8) is 0 Å². The summed E-state index contributed by atoms with van der Waals surface area (Å²) in [5, 5.41) is 2.32. The minimum atomic E-state index is -0.241. The van der Waals surface area contributed by atoms with Gasteiger partial charge in [-0.15, -0.1) is 0 Å². The number of hydrogen-bond donors (Lipinski definition) is 1. The van der Waals surface area contributed by atoms with Crippen molar-refractivity contribution in [1.82, 2.24) is 5.32 Å². The molecular weight excluding hydrogens is 78.0 g/mol. The topological polar surface area (TPSA) is 29.1 Å². The average molecular weight is 86.1 g/mol. The maximum absolute atomic E-state index is 10.1. The van der Waals surface area contributed by atoms with Gasteiger partial charge >= 0.3 is 0 Å². The summed E-state index contributed by atoms with van der Waals surface area (Å²) in [4.78, 5) is 10.1. The van der Waals surface area contributed by atoms with Crippen LogP contribution in [0.1, 0.15) is 1.37 Å². The predicted octanol–water partition coefficient (Wildman–Crippen LogP) is -0.0816. The van der Waals surface area contributed by atoms with Crippen molar-refractivity contribution < 1.29 is 6.17 Å². The van der Waals surface area contributed by atoms with Gasteiger partial charge in [-0.2, -0.15) is 0 Å². The molecule has 0 aliphatic carbocycles. The SMILES string of the molecule is [2H]C=CC(=O)NC. The van der Waals surface area contributed by atoms with Gasteiger partial charge in [-0.25, -0.2) is 0 Å². The van der Waals surface area contributed by atoms with Crippen LogP contribution in [-0.2, 0) is 4.79 Å². The molecule has 0 spiro atoms. The van der Waals surface area contributed by atoms with Gasteiger partial charge in [0.05, 0.1) is 1.37 Å². The Morgan fingerprint density at radius 3 is 3.17 bits per heavy atom. The third-order valence-corrected chi connectivity index (χ3v) is 0.398. The molecule has 0 bridgehead atoms. The third-order valence-electron chi connectivity index (χ3n) is 0.398. The van der Waals surface area contributed by atoms with Gasteiger partial charge in [-0.05, 0) is 6.08 Å². The number of carbonyl (C=O) groups excluding carboxylic acids is 1. The lowest BCUT2D eigenvalue weighted by Gasteiger charge is -1.82. The molecule has 0 aromatic rings. The number of rotatable bonds is 1. The van der Waals surface area contributed by atoms with Crippen LogP contribution in [0.15, 0.2) is 12.6 Å². The van der Waals surface area contributed by atoms with E-state index in [-0.39, 0.29) is 5.91 Å². The van der Waals surface area contributed by atoms with Crippen LogP contribution in [0.25, 0.3) is 0 Å². The normalized spacial score (nSPS) is 11.2. The molecule has 0 unspecified atom stereocenters. The Hall–Kier alpha value is -0.790. The van der Waals surface area contributed by atoms with E-state index in [1.54, 1.807) is 0 Å². The Bertz CT molecular complexity index is 89.7. The highest BCUT2D eigenvalue weighted by Gasteiger charge is 1.78. The molecule has 0 aliphatic rings. The lowest BCUT2D eigenvalue weighted by Crippen LogP contribution is -2.13. The van der Waals surface area contributed by atoms with E-state index >= 15 is 0 Å². The monoisotopic (exact) mass is 86.1 g/mol. The van der Waals surface area contributed by atoms with Crippen molar-refractivity contribution in [2.45, 2.75) is 0 Å². The molecule has 0 fully saturated rings. The highest BCUT2D eigenvalue weighted by molar-refractivity contribution is 5.86. The lowest BCUT2D eigenvalue weighted by molar-refractivity contribution is -0.116. The van der Waals surface area contributed by atoms with Crippen LogP contribution in [0, 0.1) is 0 Å². The molecule has 2 nitrogen and oxygen atoms in total. The summed E-state index contributed by atoms with van der Waals surface area (Å²) in [5.74, 6) is -0.241. The molecule has 34 valence electrons. The van der Waals surface area contributed by atoms with Gasteiger partial charge in [0, 0.05) is 7.05 Å². The first-order valence-electron chi connectivity index (χ1n) is 2.15. The van der Waals surface area contributed by atoms with Crippen molar-refractivity contribution >= 4 is 5.91 Å². The van der Waals surface area contributed by atoms with E-state index in [9.17, 15) is 4.79 Å². The fourth-order valence-corrected chi connectivity index (χ4v) is 0.0833. The minimum absolute atomic E-state index is 0.241. The smallest absolute Gasteiger partial charge is 0.243 e. The van der Waals surface area contributed by atoms with Crippen LogP contribution < -0.4 is 5.32 Å². The molecule has 0 saturated carbocycles. The summed E-state index contributed by atoms with van der Waals surface area (Å²) < 4.78 is 6.40. The van der Waals surface area contributed by atoms with E-state index in [4.69, 9.17) is 1.37 Å². The fourth-order valence-electron chi connectivity index (χ4n) is 0.0833. The van der Waals surface area contributed by atoms with Gasteiger partial charge in [0.1, 0.15) is 0 Å². The number of hydrogen-bond acceptors (Lipinski definition) is 1. The van der Waals surface area contributed by atoms with E-state index in [0.717, 1.165) is 12.6 Å². The molecule has 0 atom stereocenters. The number of carbonyl (C=O) groups is 1. The summed E-state index contributed by atoms with van der Waals surface area (Å²) in [6, 6.07) is 0. The van der Waals surface area contributed by atoms with Gasteiger partial charge in [0.15, 0.2) is 0 Å². The maximum Gasteiger partial charge on any atom is 0.243 e. The highest BCUT2D eigenvalue weighted by Crippen LogP contribution is 1.56. The molecule has 0 aromatic heterocycles. The lowest BCUT2D eigenvalue weighted by atomic mass is 10.6. The zero-order chi connectivity index (χ0) is 5.70. The molecular formula is C4H7NO. The summed E-state index contributed by atoms with van der Waals surface area (Å²) in [7, 11) is 1.52. The molecule has 0 heterocycles. The maximum atomic E-state index is 10.1. The van der Waals surface area contributed by atoms with Gasteiger partial charge in [-0.3, -0.25) is 4.79 Å². The summed E-state index contributed by atoms with van der Waals surface area (Å²) >= 11 is 0. The quantitative estimate of drug-likeness (QED) is 0.444. The predicted molar refractivity (Wildman–Crippen MR) is 24.3 cm³/mol. The first-order chi connectivity index (χ1) is 3.31. The van der Waals surface area contributed by atoms with Crippen molar-refractivity contribution in [3.8, 4) is 0 Å².